The van der Waals surface area contributed by atoms with Gasteiger partial charge in [-0.2, -0.15) is 4.98 Å². The van der Waals surface area contributed by atoms with Crippen molar-refractivity contribution in [3.05, 3.63) is 30.0 Å². The normalized spacial score (nSPS) is 14.8. The zero-order valence-corrected chi connectivity index (χ0v) is 9.17. The molecular weight excluding hydrogens is 220 g/mol. The van der Waals surface area contributed by atoms with Crippen molar-refractivity contribution in [2.75, 3.05) is 5.73 Å². The first-order valence-corrected chi connectivity index (χ1v) is 5.48. The highest BCUT2D eigenvalue weighted by atomic mass is 16.5. The predicted molar refractivity (Wildman–Crippen MR) is 59.3 cm³/mol. The van der Waals surface area contributed by atoms with Gasteiger partial charge in [-0.25, -0.2) is 4.98 Å². The maximum absolute atomic E-state index is 5.65. The van der Waals surface area contributed by atoms with Gasteiger partial charge < -0.3 is 15.0 Å². The predicted octanol–water partition coefficient (Wildman–Crippen LogP) is 1.50. The minimum absolute atomic E-state index is 0.218. The monoisotopic (exact) mass is 232 g/mol. The van der Waals surface area contributed by atoms with Crippen LogP contribution in [0.3, 0.4) is 0 Å². The summed E-state index contributed by atoms with van der Waals surface area (Å²) in [5.74, 6) is 2.61. The fourth-order valence-corrected chi connectivity index (χ4v) is 1.50. The van der Waals surface area contributed by atoms with Crippen LogP contribution in [0, 0.1) is 0 Å². The van der Waals surface area contributed by atoms with Crippen molar-refractivity contribution >= 4 is 5.82 Å². The van der Waals surface area contributed by atoms with E-state index in [4.69, 9.17) is 15.0 Å². The third-order valence-corrected chi connectivity index (χ3v) is 2.58. The van der Waals surface area contributed by atoms with E-state index in [1.165, 1.54) is 0 Å². The summed E-state index contributed by atoms with van der Waals surface area (Å²) >= 11 is 0. The number of nitrogen functional groups attached to an aromatic ring is 1. The molecule has 0 spiro atoms. The molecule has 0 saturated heterocycles. The molecule has 0 aliphatic heterocycles. The molecule has 0 aromatic carbocycles. The molecule has 2 aromatic heterocycles. The highest BCUT2D eigenvalue weighted by Gasteiger charge is 2.28. The summed E-state index contributed by atoms with van der Waals surface area (Å²) < 4.78 is 10.5. The lowest BCUT2D eigenvalue weighted by molar-refractivity contribution is 0.243. The van der Waals surface area contributed by atoms with E-state index in [9.17, 15) is 0 Å². The Hall–Kier alpha value is -2.11. The first-order valence-electron chi connectivity index (χ1n) is 5.48. The Balaban J connectivity index is 1.65. The standard InChI is InChI=1S/C11H12N4O2/c12-10-8(2-1-5-13-10)16-6-9-14-11(15-17-9)7-3-4-7/h1-2,5,7H,3-4,6H2,(H2,12,13). The number of nitrogens with zero attached hydrogens (tertiary/aromatic N) is 3. The third-order valence-electron chi connectivity index (χ3n) is 2.58. The third kappa shape index (κ3) is 2.20. The summed E-state index contributed by atoms with van der Waals surface area (Å²) in [6.45, 7) is 0.218. The van der Waals surface area contributed by atoms with Crippen molar-refractivity contribution < 1.29 is 9.26 Å². The Kier molecular flexibility index (Phi) is 2.40. The molecule has 1 fully saturated rings. The van der Waals surface area contributed by atoms with E-state index in [1.54, 1.807) is 18.3 Å². The van der Waals surface area contributed by atoms with Gasteiger partial charge in [0, 0.05) is 12.1 Å². The van der Waals surface area contributed by atoms with Crippen LogP contribution in [0.25, 0.3) is 0 Å². The SMILES string of the molecule is Nc1ncccc1OCc1nc(C2CC2)no1. The van der Waals surface area contributed by atoms with E-state index < -0.39 is 0 Å². The van der Waals surface area contributed by atoms with Gasteiger partial charge in [-0.3, -0.25) is 0 Å². The number of nitrogens with two attached hydrogens (primary N) is 1. The summed E-state index contributed by atoms with van der Waals surface area (Å²) in [5.41, 5.74) is 5.65. The molecule has 2 aromatic rings. The van der Waals surface area contributed by atoms with Crippen LogP contribution in [0.5, 0.6) is 5.75 Å². The van der Waals surface area contributed by atoms with Crippen LogP contribution >= 0.6 is 0 Å². The Morgan fingerprint density at radius 2 is 2.35 bits per heavy atom. The average molecular weight is 232 g/mol. The molecule has 6 nitrogen and oxygen atoms in total. The molecule has 2 N–H and O–H groups in total. The minimum Gasteiger partial charge on any atom is -0.480 e. The van der Waals surface area contributed by atoms with E-state index in [0.29, 0.717) is 23.4 Å². The van der Waals surface area contributed by atoms with Gasteiger partial charge in [0.25, 0.3) is 5.89 Å². The van der Waals surface area contributed by atoms with Gasteiger partial charge in [-0.05, 0) is 25.0 Å². The molecule has 0 bridgehead atoms. The summed E-state index contributed by atoms with van der Waals surface area (Å²) in [5, 5.41) is 3.90. The van der Waals surface area contributed by atoms with Crippen molar-refractivity contribution in [3.8, 4) is 5.75 Å². The van der Waals surface area contributed by atoms with E-state index >= 15 is 0 Å². The van der Waals surface area contributed by atoms with Gasteiger partial charge in [0.1, 0.15) is 0 Å². The van der Waals surface area contributed by atoms with Gasteiger partial charge in [0.15, 0.2) is 24.0 Å². The summed E-state index contributed by atoms with van der Waals surface area (Å²) in [7, 11) is 0. The highest BCUT2D eigenvalue weighted by molar-refractivity contribution is 5.44. The molecule has 17 heavy (non-hydrogen) atoms. The van der Waals surface area contributed by atoms with Crippen LogP contribution in [0.2, 0.25) is 0 Å². The van der Waals surface area contributed by atoms with E-state index in [-0.39, 0.29) is 6.61 Å². The van der Waals surface area contributed by atoms with E-state index in [0.717, 1.165) is 18.7 Å². The Morgan fingerprint density at radius 1 is 1.47 bits per heavy atom. The van der Waals surface area contributed by atoms with Crippen molar-refractivity contribution in [3.63, 3.8) is 0 Å². The Bertz CT molecular complexity index is 522. The second-order valence-corrected chi connectivity index (χ2v) is 4.00. The van der Waals surface area contributed by atoms with Crippen LogP contribution in [0.15, 0.2) is 22.9 Å². The molecule has 6 heteroatoms. The number of rotatable bonds is 4. The average Bonchev–Trinajstić information content (AvgIpc) is 3.08. The smallest absolute Gasteiger partial charge is 0.264 e. The lowest BCUT2D eigenvalue weighted by atomic mass is 10.4. The van der Waals surface area contributed by atoms with Crippen molar-refractivity contribution in [2.45, 2.75) is 25.4 Å². The van der Waals surface area contributed by atoms with Crippen LogP contribution in [-0.2, 0) is 6.61 Å². The molecule has 0 atom stereocenters. The molecule has 0 unspecified atom stereocenters. The largest absolute Gasteiger partial charge is 0.480 e. The number of hydrogen-bond donors (Lipinski definition) is 1. The zero-order valence-electron chi connectivity index (χ0n) is 9.17. The second kappa shape index (κ2) is 4.04. The number of pyridine rings is 1. The number of ether oxygens (including phenoxy) is 1. The lowest BCUT2D eigenvalue weighted by Gasteiger charge is -2.04. The Morgan fingerprint density at radius 3 is 3.12 bits per heavy atom. The van der Waals surface area contributed by atoms with E-state index in [2.05, 4.69) is 15.1 Å². The van der Waals surface area contributed by atoms with Gasteiger partial charge in [-0.1, -0.05) is 5.16 Å². The van der Waals surface area contributed by atoms with Crippen molar-refractivity contribution in [2.24, 2.45) is 0 Å². The van der Waals surface area contributed by atoms with Crippen LogP contribution in [0.1, 0.15) is 30.5 Å². The Labute approximate surface area is 97.8 Å². The maximum Gasteiger partial charge on any atom is 0.264 e. The highest BCUT2D eigenvalue weighted by Crippen LogP contribution is 2.38. The van der Waals surface area contributed by atoms with Gasteiger partial charge in [0.05, 0.1) is 0 Å². The van der Waals surface area contributed by atoms with Crippen molar-refractivity contribution in [1.82, 2.24) is 15.1 Å². The van der Waals surface area contributed by atoms with E-state index in [1.807, 2.05) is 0 Å². The number of anilines is 1. The van der Waals surface area contributed by atoms with Gasteiger partial charge in [0.2, 0.25) is 0 Å². The van der Waals surface area contributed by atoms with Gasteiger partial charge >= 0.3 is 0 Å². The molecule has 1 aliphatic rings. The summed E-state index contributed by atoms with van der Waals surface area (Å²) in [4.78, 5) is 8.17. The first kappa shape index (κ1) is 10.1. The quantitative estimate of drug-likeness (QED) is 0.859. The molecule has 0 radical (unpaired) electrons. The van der Waals surface area contributed by atoms with Crippen LogP contribution in [-0.4, -0.2) is 15.1 Å². The topological polar surface area (TPSA) is 87.1 Å². The minimum atomic E-state index is 0.218. The molecular formula is C11H12N4O2. The lowest BCUT2D eigenvalue weighted by Crippen LogP contribution is -2.00. The van der Waals surface area contributed by atoms with Crippen LogP contribution in [0.4, 0.5) is 5.82 Å². The van der Waals surface area contributed by atoms with Gasteiger partial charge in [-0.15, -0.1) is 0 Å². The summed E-state index contributed by atoms with van der Waals surface area (Å²) in [6.07, 6.45) is 3.91. The molecule has 1 aliphatic carbocycles. The fourth-order valence-electron chi connectivity index (χ4n) is 1.50. The fraction of sp³-hybridized carbons (Fsp3) is 0.364. The second-order valence-electron chi connectivity index (χ2n) is 4.00. The molecule has 88 valence electrons. The number of aromatic nitrogens is 3. The van der Waals surface area contributed by atoms with Crippen LogP contribution < -0.4 is 10.5 Å². The maximum atomic E-state index is 5.65. The molecule has 3 rings (SSSR count). The molecule has 0 amide bonds. The molecule has 2 heterocycles. The first-order chi connectivity index (χ1) is 8.33. The van der Waals surface area contributed by atoms with Crippen molar-refractivity contribution in [1.29, 1.82) is 0 Å². The zero-order chi connectivity index (χ0) is 11.7. The molecule has 1 saturated carbocycles. The summed E-state index contributed by atoms with van der Waals surface area (Å²) in [6, 6.07) is 3.51. The number of hydrogen-bond acceptors (Lipinski definition) is 6.